The van der Waals surface area contributed by atoms with E-state index >= 15 is 0 Å². The van der Waals surface area contributed by atoms with Crippen molar-refractivity contribution in [2.75, 3.05) is 32.8 Å². The van der Waals surface area contributed by atoms with Crippen LogP contribution in [0.1, 0.15) is 42.5 Å². The zero-order valence-electron chi connectivity index (χ0n) is 14.8. The van der Waals surface area contributed by atoms with Gasteiger partial charge in [-0.1, -0.05) is 25.1 Å². The Labute approximate surface area is 140 Å². The number of hydrazine groups is 1. The monoisotopic (exact) mass is 317 g/mol. The number of hydrogen-bond donors (Lipinski definition) is 2. The Hall–Kier alpha value is -0.940. The SMILES string of the molecule is CCN(CC1CCCO1)CC1CNNC1c1ccc(C)c(C)c1. The fourth-order valence-corrected chi connectivity index (χ4v) is 3.76. The molecule has 4 nitrogen and oxygen atoms in total. The highest BCUT2D eigenvalue weighted by atomic mass is 16.5. The lowest BCUT2D eigenvalue weighted by molar-refractivity contribution is 0.0692. The van der Waals surface area contributed by atoms with Gasteiger partial charge in [-0.15, -0.1) is 0 Å². The van der Waals surface area contributed by atoms with Crippen LogP contribution in [0, 0.1) is 19.8 Å². The molecule has 0 aromatic heterocycles. The van der Waals surface area contributed by atoms with E-state index in [1.807, 2.05) is 0 Å². The molecule has 3 rings (SSSR count). The summed E-state index contributed by atoms with van der Waals surface area (Å²) in [5, 5.41) is 0. The molecule has 1 aromatic rings. The third kappa shape index (κ3) is 4.13. The van der Waals surface area contributed by atoms with Crippen LogP contribution in [0.15, 0.2) is 18.2 Å². The van der Waals surface area contributed by atoms with Gasteiger partial charge < -0.3 is 9.64 Å². The molecule has 0 saturated carbocycles. The Bertz CT molecular complexity index is 513. The first kappa shape index (κ1) is 16.9. The molecule has 2 aliphatic heterocycles. The average Bonchev–Trinajstić information content (AvgIpc) is 3.21. The number of rotatable bonds is 6. The molecule has 23 heavy (non-hydrogen) atoms. The van der Waals surface area contributed by atoms with E-state index in [0.717, 1.165) is 32.8 Å². The van der Waals surface area contributed by atoms with Gasteiger partial charge in [-0.25, -0.2) is 5.43 Å². The van der Waals surface area contributed by atoms with Crippen LogP contribution in [0.2, 0.25) is 0 Å². The number of aryl methyl sites for hydroxylation is 2. The maximum atomic E-state index is 5.82. The fraction of sp³-hybridized carbons (Fsp3) is 0.684. The van der Waals surface area contributed by atoms with E-state index in [4.69, 9.17) is 4.74 Å². The standard InChI is InChI=1S/C19H31N3O/c1-4-22(13-18-6-5-9-23-18)12-17-11-20-21-19(17)16-8-7-14(2)15(3)10-16/h7-8,10,17-21H,4-6,9,11-13H2,1-3H3. The minimum Gasteiger partial charge on any atom is -0.377 e. The largest absolute Gasteiger partial charge is 0.377 e. The third-order valence-corrected chi connectivity index (χ3v) is 5.41. The summed E-state index contributed by atoms with van der Waals surface area (Å²) in [4.78, 5) is 2.56. The molecule has 2 heterocycles. The molecule has 0 amide bonds. The van der Waals surface area contributed by atoms with Crippen molar-refractivity contribution in [3.63, 3.8) is 0 Å². The Balaban J connectivity index is 1.64. The first-order valence-electron chi connectivity index (χ1n) is 9.07. The predicted molar refractivity (Wildman–Crippen MR) is 94.4 cm³/mol. The van der Waals surface area contributed by atoms with Gasteiger partial charge in [0.25, 0.3) is 0 Å². The van der Waals surface area contributed by atoms with Gasteiger partial charge in [0.1, 0.15) is 0 Å². The maximum Gasteiger partial charge on any atom is 0.0702 e. The Morgan fingerprint density at radius 1 is 1.22 bits per heavy atom. The van der Waals surface area contributed by atoms with E-state index in [0.29, 0.717) is 18.1 Å². The Morgan fingerprint density at radius 2 is 2.09 bits per heavy atom. The van der Waals surface area contributed by atoms with Crippen LogP contribution in [0.25, 0.3) is 0 Å². The van der Waals surface area contributed by atoms with E-state index in [9.17, 15) is 0 Å². The number of nitrogens with zero attached hydrogens (tertiary/aromatic N) is 1. The molecular weight excluding hydrogens is 286 g/mol. The van der Waals surface area contributed by atoms with Gasteiger partial charge in [0, 0.05) is 32.2 Å². The van der Waals surface area contributed by atoms with Gasteiger partial charge in [0.15, 0.2) is 0 Å². The molecule has 2 N–H and O–H groups in total. The van der Waals surface area contributed by atoms with E-state index < -0.39 is 0 Å². The van der Waals surface area contributed by atoms with E-state index in [1.165, 1.54) is 29.5 Å². The molecule has 2 aliphatic rings. The van der Waals surface area contributed by atoms with Gasteiger partial charge in [-0.3, -0.25) is 5.43 Å². The zero-order chi connectivity index (χ0) is 16.2. The summed E-state index contributed by atoms with van der Waals surface area (Å²) in [5.41, 5.74) is 11.0. The number of hydrogen-bond acceptors (Lipinski definition) is 4. The second-order valence-corrected chi connectivity index (χ2v) is 7.09. The van der Waals surface area contributed by atoms with Crippen LogP contribution in [-0.4, -0.2) is 43.8 Å². The number of ether oxygens (including phenoxy) is 1. The summed E-state index contributed by atoms with van der Waals surface area (Å²) in [5.74, 6) is 0.596. The Kier molecular flexibility index (Phi) is 5.70. The molecule has 0 aliphatic carbocycles. The lowest BCUT2D eigenvalue weighted by Crippen LogP contribution is -2.37. The maximum absolute atomic E-state index is 5.82. The van der Waals surface area contributed by atoms with Gasteiger partial charge in [-0.2, -0.15) is 0 Å². The first-order chi connectivity index (χ1) is 11.2. The Morgan fingerprint density at radius 3 is 2.78 bits per heavy atom. The lowest BCUT2D eigenvalue weighted by atomic mass is 9.92. The highest BCUT2D eigenvalue weighted by molar-refractivity contribution is 5.32. The molecular formula is C19H31N3O. The summed E-state index contributed by atoms with van der Waals surface area (Å²) < 4.78 is 5.82. The second kappa shape index (κ2) is 7.75. The highest BCUT2D eigenvalue weighted by Gasteiger charge is 2.30. The van der Waals surface area contributed by atoms with Crippen molar-refractivity contribution in [3.05, 3.63) is 34.9 Å². The van der Waals surface area contributed by atoms with Crippen molar-refractivity contribution in [1.82, 2.24) is 15.8 Å². The molecule has 4 heteroatoms. The van der Waals surface area contributed by atoms with E-state index in [-0.39, 0.29) is 0 Å². The van der Waals surface area contributed by atoms with Crippen LogP contribution >= 0.6 is 0 Å². The highest BCUT2D eigenvalue weighted by Crippen LogP contribution is 2.27. The van der Waals surface area contributed by atoms with Gasteiger partial charge in [-0.05, 0) is 49.9 Å². The molecule has 0 radical (unpaired) electrons. The number of benzene rings is 1. The predicted octanol–water partition coefficient (Wildman–Crippen LogP) is 2.57. The topological polar surface area (TPSA) is 36.5 Å². The minimum absolute atomic E-state index is 0.396. The summed E-state index contributed by atoms with van der Waals surface area (Å²) in [6.07, 6.45) is 2.88. The molecule has 0 bridgehead atoms. The molecule has 128 valence electrons. The lowest BCUT2D eigenvalue weighted by Gasteiger charge is -2.29. The third-order valence-electron chi connectivity index (χ3n) is 5.41. The van der Waals surface area contributed by atoms with Crippen molar-refractivity contribution in [1.29, 1.82) is 0 Å². The van der Waals surface area contributed by atoms with Crippen LogP contribution in [0.3, 0.4) is 0 Å². The van der Waals surface area contributed by atoms with Crippen molar-refractivity contribution >= 4 is 0 Å². The summed E-state index contributed by atoms with van der Waals surface area (Å²) in [7, 11) is 0. The second-order valence-electron chi connectivity index (χ2n) is 7.09. The molecule has 3 unspecified atom stereocenters. The quantitative estimate of drug-likeness (QED) is 0.845. The van der Waals surface area contributed by atoms with Crippen molar-refractivity contribution in [2.24, 2.45) is 5.92 Å². The zero-order valence-corrected chi connectivity index (χ0v) is 14.8. The molecule has 0 spiro atoms. The normalized spacial score (nSPS) is 27.9. The van der Waals surface area contributed by atoms with Crippen LogP contribution in [-0.2, 0) is 4.74 Å². The van der Waals surface area contributed by atoms with Crippen LogP contribution in [0.5, 0.6) is 0 Å². The van der Waals surface area contributed by atoms with Crippen molar-refractivity contribution in [3.8, 4) is 0 Å². The van der Waals surface area contributed by atoms with Crippen molar-refractivity contribution < 1.29 is 4.74 Å². The number of likely N-dealkylation sites (N-methyl/N-ethyl adjacent to an activating group) is 1. The number of nitrogens with one attached hydrogen (secondary N) is 2. The van der Waals surface area contributed by atoms with Gasteiger partial charge >= 0.3 is 0 Å². The van der Waals surface area contributed by atoms with E-state index in [1.54, 1.807) is 0 Å². The summed E-state index contributed by atoms with van der Waals surface area (Å²) in [6, 6.07) is 7.25. The van der Waals surface area contributed by atoms with Crippen LogP contribution < -0.4 is 10.9 Å². The summed E-state index contributed by atoms with van der Waals surface area (Å²) >= 11 is 0. The fourth-order valence-electron chi connectivity index (χ4n) is 3.76. The van der Waals surface area contributed by atoms with Crippen molar-refractivity contribution in [2.45, 2.75) is 45.8 Å². The molecule has 1 aromatic carbocycles. The smallest absolute Gasteiger partial charge is 0.0702 e. The first-order valence-corrected chi connectivity index (χ1v) is 9.07. The molecule has 3 atom stereocenters. The minimum atomic E-state index is 0.396. The molecule has 2 saturated heterocycles. The van der Waals surface area contributed by atoms with E-state index in [2.05, 4.69) is 54.7 Å². The van der Waals surface area contributed by atoms with Crippen LogP contribution in [0.4, 0.5) is 0 Å². The van der Waals surface area contributed by atoms with Gasteiger partial charge in [0.2, 0.25) is 0 Å². The summed E-state index contributed by atoms with van der Waals surface area (Å²) in [6.45, 7) is 11.9. The van der Waals surface area contributed by atoms with Gasteiger partial charge in [0.05, 0.1) is 12.1 Å². The average molecular weight is 317 g/mol. The molecule has 2 fully saturated rings.